The molecule has 12 heavy (non-hydrogen) atoms. The number of anilines is 1. The molecule has 0 aromatic carbocycles. The van der Waals surface area contributed by atoms with Crippen molar-refractivity contribution in [3.8, 4) is 0 Å². The molecule has 0 amide bonds. The van der Waals surface area contributed by atoms with Crippen molar-refractivity contribution in [3.05, 3.63) is 22.3 Å². The first-order valence-corrected chi connectivity index (χ1v) is 4.80. The van der Waals surface area contributed by atoms with Crippen LogP contribution in [0.1, 0.15) is 19.4 Å². The minimum atomic E-state index is 0.225. The number of aromatic nitrogens is 1. The SMILES string of the molecule is CC1(C)CNc2nc(Br)ccc21. The standard InChI is InChI=1S/C9H11BrN2/c1-9(2)5-11-8-6(9)3-4-7(10)12-8/h3-4H,5H2,1-2H3,(H,11,12). The molecule has 0 bridgehead atoms. The molecule has 0 saturated carbocycles. The summed E-state index contributed by atoms with van der Waals surface area (Å²) < 4.78 is 0.895. The van der Waals surface area contributed by atoms with E-state index in [-0.39, 0.29) is 5.41 Å². The fourth-order valence-electron chi connectivity index (χ4n) is 1.52. The van der Waals surface area contributed by atoms with Gasteiger partial charge in [-0.15, -0.1) is 0 Å². The van der Waals surface area contributed by atoms with Gasteiger partial charge in [-0.2, -0.15) is 0 Å². The fraction of sp³-hybridized carbons (Fsp3) is 0.444. The van der Waals surface area contributed by atoms with E-state index in [0.29, 0.717) is 0 Å². The van der Waals surface area contributed by atoms with E-state index >= 15 is 0 Å². The zero-order valence-corrected chi connectivity index (χ0v) is 8.77. The minimum absolute atomic E-state index is 0.225. The minimum Gasteiger partial charge on any atom is -0.369 e. The topological polar surface area (TPSA) is 24.9 Å². The van der Waals surface area contributed by atoms with Crippen molar-refractivity contribution in [1.29, 1.82) is 0 Å². The quantitative estimate of drug-likeness (QED) is 0.689. The first-order chi connectivity index (χ1) is 5.59. The van der Waals surface area contributed by atoms with Crippen LogP contribution in [0.25, 0.3) is 0 Å². The van der Waals surface area contributed by atoms with Crippen LogP contribution in [0, 0.1) is 0 Å². The number of nitrogens with zero attached hydrogens (tertiary/aromatic N) is 1. The third-order valence-electron chi connectivity index (χ3n) is 2.29. The van der Waals surface area contributed by atoms with Gasteiger partial charge in [0.25, 0.3) is 0 Å². The van der Waals surface area contributed by atoms with Crippen LogP contribution >= 0.6 is 15.9 Å². The number of nitrogens with one attached hydrogen (secondary N) is 1. The van der Waals surface area contributed by atoms with Gasteiger partial charge in [0, 0.05) is 17.5 Å². The van der Waals surface area contributed by atoms with Crippen LogP contribution in [-0.4, -0.2) is 11.5 Å². The molecule has 0 atom stereocenters. The monoisotopic (exact) mass is 226 g/mol. The summed E-state index contributed by atoms with van der Waals surface area (Å²) in [6.07, 6.45) is 0. The third-order valence-corrected chi connectivity index (χ3v) is 2.73. The molecule has 0 fully saturated rings. The molecule has 1 aliphatic heterocycles. The van der Waals surface area contributed by atoms with E-state index in [1.165, 1.54) is 5.56 Å². The van der Waals surface area contributed by atoms with Crippen LogP contribution in [0.15, 0.2) is 16.7 Å². The highest BCUT2D eigenvalue weighted by Crippen LogP contribution is 2.35. The molecule has 0 aliphatic carbocycles. The highest BCUT2D eigenvalue weighted by Gasteiger charge is 2.30. The molecule has 2 rings (SSSR count). The summed E-state index contributed by atoms with van der Waals surface area (Å²) in [5.41, 5.74) is 1.54. The van der Waals surface area contributed by atoms with Crippen LogP contribution in [0.5, 0.6) is 0 Å². The van der Waals surface area contributed by atoms with E-state index in [1.54, 1.807) is 0 Å². The Hall–Kier alpha value is -0.570. The van der Waals surface area contributed by atoms with Crippen molar-refractivity contribution in [3.63, 3.8) is 0 Å². The highest BCUT2D eigenvalue weighted by atomic mass is 79.9. The van der Waals surface area contributed by atoms with Crippen molar-refractivity contribution in [2.24, 2.45) is 0 Å². The van der Waals surface area contributed by atoms with Gasteiger partial charge in [-0.3, -0.25) is 0 Å². The Kier molecular flexibility index (Phi) is 1.65. The average molecular weight is 227 g/mol. The predicted molar refractivity (Wildman–Crippen MR) is 53.5 cm³/mol. The Balaban J connectivity index is 2.55. The van der Waals surface area contributed by atoms with Gasteiger partial charge in [-0.25, -0.2) is 4.98 Å². The number of halogens is 1. The van der Waals surface area contributed by atoms with Crippen molar-refractivity contribution in [1.82, 2.24) is 4.98 Å². The van der Waals surface area contributed by atoms with Crippen molar-refractivity contribution < 1.29 is 0 Å². The van der Waals surface area contributed by atoms with E-state index in [2.05, 4.69) is 46.1 Å². The lowest BCUT2D eigenvalue weighted by molar-refractivity contribution is 0.586. The summed E-state index contributed by atoms with van der Waals surface area (Å²) in [5.74, 6) is 1.02. The van der Waals surface area contributed by atoms with Gasteiger partial charge in [-0.1, -0.05) is 19.9 Å². The lowest BCUT2D eigenvalue weighted by Gasteiger charge is -2.15. The first kappa shape index (κ1) is 8.05. The Morgan fingerprint density at radius 3 is 3.00 bits per heavy atom. The Labute approximate surface area is 80.5 Å². The molecule has 0 spiro atoms. The van der Waals surface area contributed by atoms with E-state index < -0.39 is 0 Å². The summed E-state index contributed by atoms with van der Waals surface area (Å²) in [6, 6.07) is 4.12. The van der Waals surface area contributed by atoms with Crippen LogP contribution in [0.4, 0.5) is 5.82 Å². The largest absolute Gasteiger partial charge is 0.369 e. The van der Waals surface area contributed by atoms with Gasteiger partial charge in [0.05, 0.1) is 0 Å². The highest BCUT2D eigenvalue weighted by molar-refractivity contribution is 9.10. The Morgan fingerprint density at radius 2 is 2.25 bits per heavy atom. The van der Waals surface area contributed by atoms with Crippen LogP contribution < -0.4 is 5.32 Å². The number of hydrogen-bond donors (Lipinski definition) is 1. The summed E-state index contributed by atoms with van der Waals surface area (Å²) >= 11 is 3.35. The smallest absolute Gasteiger partial charge is 0.131 e. The number of fused-ring (bicyclic) bond motifs is 1. The molecular formula is C9H11BrN2. The molecule has 1 aromatic heterocycles. The number of pyridine rings is 1. The van der Waals surface area contributed by atoms with E-state index in [0.717, 1.165) is 17.0 Å². The maximum Gasteiger partial charge on any atom is 0.131 e. The van der Waals surface area contributed by atoms with Crippen molar-refractivity contribution >= 4 is 21.7 Å². The van der Waals surface area contributed by atoms with Gasteiger partial charge >= 0.3 is 0 Å². The number of hydrogen-bond acceptors (Lipinski definition) is 2. The number of rotatable bonds is 0. The predicted octanol–water partition coefficient (Wildman–Crippen LogP) is 2.55. The van der Waals surface area contributed by atoms with Gasteiger partial charge in [0.1, 0.15) is 10.4 Å². The van der Waals surface area contributed by atoms with E-state index in [4.69, 9.17) is 0 Å². The maximum atomic E-state index is 4.35. The summed E-state index contributed by atoms with van der Waals surface area (Å²) in [5, 5.41) is 3.29. The second-order valence-electron chi connectivity index (χ2n) is 3.77. The van der Waals surface area contributed by atoms with Gasteiger partial charge in [0.2, 0.25) is 0 Å². The second-order valence-corrected chi connectivity index (χ2v) is 4.58. The van der Waals surface area contributed by atoms with Crippen LogP contribution in [0.3, 0.4) is 0 Å². The van der Waals surface area contributed by atoms with Crippen molar-refractivity contribution in [2.45, 2.75) is 19.3 Å². The maximum absolute atomic E-state index is 4.35. The fourth-order valence-corrected chi connectivity index (χ4v) is 1.83. The zero-order valence-electron chi connectivity index (χ0n) is 7.19. The molecular weight excluding hydrogens is 216 g/mol. The molecule has 64 valence electrons. The molecule has 2 heterocycles. The Morgan fingerprint density at radius 1 is 1.50 bits per heavy atom. The lowest BCUT2D eigenvalue weighted by Crippen LogP contribution is -2.18. The van der Waals surface area contributed by atoms with Crippen LogP contribution in [0.2, 0.25) is 0 Å². The van der Waals surface area contributed by atoms with Gasteiger partial charge < -0.3 is 5.32 Å². The molecule has 0 saturated heterocycles. The molecule has 0 radical (unpaired) electrons. The summed E-state index contributed by atoms with van der Waals surface area (Å²) in [4.78, 5) is 4.35. The molecule has 2 nitrogen and oxygen atoms in total. The third kappa shape index (κ3) is 1.12. The first-order valence-electron chi connectivity index (χ1n) is 4.00. The molecule has 1 aromatic rings. The molecule has 0 unspecified atom stereocenters. The summed E-state index contributed by atoms with van der Waals surface area (Å²) in [7, 11) is 0. The van der Waals surface area contributed by atoms with Crippen molar-refractivity contribution in [2.75, 3.05) is 11.9 Å². The normalized spacial score (nSPS) is 18.6. The Bertz CT molecular complexity index is 320. The lowest BCUT2D eigenvalue weighted by atomic mass is 9.88. The van der Waals surface area contributed by atoms with Gasteiger partial charge in [0.15, 0.2) is 0 Å². The average Bonchev–Trinajstić information content (AvgIpc) is 2.27. The summed E-state index contributed by atoms with van der Waals surface area (Å²) in [6.45, 7) is 5.43. The van der Waals surface area contributed by atoms with Gasteiger partial charge in [-0.05, 0) is 22.0 Å². The molecule has 1 N–H and O–H groups in total. The zero-order chi connectivity index (χ0) is 8.77. The van der Waals surface area contributed by atoms with E-state index in [9.17, 15) is 0 Å². The van der Waals surface area contributed by atoms with E-state index in [1.807, 2.05) is 6.07 Å². The molecule has 3 heteroatoms. The molecule has 1 aliphatic rings. The second kappa shape index (κ2) is 2.46. The van der Waals surface area contributed by atoms with Crippen LogP contribution in [-0.2, 0) is 5.41 Å².